The van der Waals surface area contributed by atoms with Crippen molar-refractivity contribution in [1.82, 2.24) is 14.8 Å². The molecular weight excluding hydrogens is 335 g/mol. The maximum atomic E-state index is 13.3. The summed E-state index contributed by atoms with van der Waals surface area (Å²) in [5.41, 5.74) is 2.60. The standard InChI is InChI=1S/C19H17FN4O2/c1-25-14-7-8-15(18(9-14)26-2)17-10-16(12-3-5-13(20)6-4-12)23-19-21-11-22-24(17)19/h3-11,17H,1-2H3,(H,21,22,23). The maximum Gasteiger partial charge on any atom is 0.226 e. The summed E-state index contributed by atoms with van der Waals surface area (Å²) in [5, 5.41) is 7.56. The van der Waals surface area contributed by atoms with Crippen molar-refractivity contribution in [2.45, 2.75) is 6.04 Å². The number of anilines is 1. The summed E-state index contributed by atoms with van der Waals surface area (Å²) in [4.78, 5) is 4.28. The highest BCUT2D eigenvalue weighted by atomic mass is 19.1. The molecule has 1 aliphatic heterocycles. The van der Waals surface area contributed by atoms with Crippen molar-refractivity contribution in [1.29, 1.82) is 0 Å². The molecule has 0 saturated carbocycles. The Hall–Kier alpha value is -3.35. The lowest BCUT2D eigenvalue weighted by Crippen LogP contribution is -2.20. The molecule has 1 N–H and O–H groups in total. The van der Waals surface area contributed by atoms with Gasteiger partial charge in [0.2, 0.25) is 5.95 Å². The zero-order valence-corrected chi connectivity index (χ0v) is 14.3. The van der Waals surface area contributed by atoms with E-state index < -0.39 is 0 Å². The normalized spacial score (nSPS) is 15.7. The zero-order chi connectivity index (χ0) is 18.1. The lowest BCUT2D eigenvalue weighted by atomic mass is 10.0. The largest absolute Gasteiger partial charge is 0.497 e. The Morgan fingerprint density at radius 2 is 1.88 bits per heavy atom. The number of rotatable bonds is 4. The van der Waals surface area contributed by atoms with Gasteiger partial charge in [-0.15, -0.1) is 0 Å². The molecular formula is C19H17FN4O2. The highest BCUT2D eigenvalue weighted by molar-refractivity contribution is 5.77. The van der Waals surface area contributed by atoms with Crippen LogP contribution in [0.3, 0.4) is 0 Å². The van der Waals surface area contributed by atoms with Crippen molar-refractivity contribution in [3.05, 3.63) is 71.8 Å². The first-order valence-corrected chi connectivity index (χ1v) is 8.06. The topological polar surface area (TPSA) is 61.2 Å². The van der Waals surface area contributed by atoms with E-state index in [1.807, 2.05) is 24.3 Å². The second-order valence-electron chi connectivity index (χ2n) is 5.79. The minimum Gasteiger partial charge on any atom is -0.497 e. The van der Waals surface area contributed by atoms with Crippen molar-refractivity contribution in [3.63, 3.8) is 0 Å². The molecule has 132 valence electrons. The van der Waals surface area contributed by atoms with E-state index in [-0.39, 0.29) is 11.9 Å². The summed E-state index contributed by atoms with van der Waals surface area (Å²) < 4.78 is 25.9. The van der Waals surface area contributed by atoms with Gasteiger partial charge >= 0.3 is 0 Å². The van der Waals surface area contributed by atoms with Gasteiger partial charge in [0.1, 0.15) is 29.7 Å². The first kappa shape index (κ1) is 16.1. The Morgan fingerprint density at radius 3 is 2.62 bits per heavy atom. The summed E-state index contributed by atoms with van der Waals surface area (Å²) in [6.45, 7) is 0. The van der Waals surface area contributed by atoms with Gasteiger partial charge in [0.15, 0.2) is 0 Å². The Kier molecular flexibility index (Phi) is 4.04. The monoisotopic (exact) mass is 352 g/mol. The number of aromatic nitrogens is 3. The molecule has 0 spiro atoms. The second kappa shape index (κ2) is 6.51. The first-order chi connectivity index (χ1) is 12.7. The van der Waals surface area contributed by atoms with E-state index in [9.17, 15) is 4.39 Å². The minimum absolute atomic E-state index is 0.227. The van der Waals surface area contributed by atoms with Crippen LogP contribution in [0.2, 0.25) is 0 Å². The molecule has 0 saturated heterocycles. The fourth-order valence-corrected chi connectivity index (χ4v) is 3.02. The van der Waals surface area contributed by atoms with Crippen molar-refractivity contribution in [3.8, 4) is 11.5 Å². The number of hydrogen-bond donors (Lipinski definition) is 1. The second-order valence-corrected chi connectivity index (χ2v) is 5.79. The van der Waals surface area contributed by atoms with Crippen LogP contribution in [0.25, 0.3) is 5.70 Å². The number of nitrogens with one attached hydrogen (secondary N) is 1. The van der Waals surface area contributed by atoms with Crippen LogP contribution in [0.1, 0.15) is 17.2 Å². The van der Waals surface area contributed by atoms with E-state index in [2.05, 4.69) is 15.4 Å². The van der Waals surface area contributed by atoms with Crippen LogP contribution in [-0.2, 0) is 0 Å². The van der Waals surface area contributed by atoms with E-state index in [1.165, 1.54) is 18.5 Å². The third-order valence-electron chi connectivity index (χ3n) is 4.32. The van der Waals surface area contributed by atoms with E-state index in [0.717, 1.165) is 16.8 Å². The molecule has 0 aliphatic carbocycles. The highest BCUT2D eigenvalue weighted by Crippen LogP contribution is 2.37. The lowest BCUT2D eigenvalue weighted by Gasteiger charge is -2.25. The molecule has 1 aromatic heterocycles. The molecule has 1 atom stereocenters. The Balaban J connectivity index is 1.82. The van der Waals surface area contributed by atoms with Crippen LogP contribution in [0.4, 0.5) is 10.3 Å². The van der Waals surface area contributed by atoms with Gasteiger partial charge in [0.05, 0.1) is 14.2 Å². The molecule has 26 heavy (non-hydrogen) atoms. The van der Waals surface area contributed by atoms with Crippen molar-refractivity contribution >= 4 is 11.6 Å². The predicted octanol–water partition coefficient (Wildman–Crippen LogP) is 3.49. The number of methoxy groups -OCH3 is 2. The number of ether oxygens (including phenoxy) is 2. The molecule has 0 amide bonds. The van der Waals surface area contributed by atoms with E-state index >= 15 is 0 Å². The van der Waals surface area contributed by atoms with Gasteiger partial charge in [-0.1, -0.05) is 0 Å². The van der Waals surface area contributed by atoms with Crippen LogP contribution < -0.4 is 14.8 Å². The van der Waals surface area contributed by atoms with Gasteiger partial charge in [-0.05, 0) is 48.0 Å². The van der Waals surface area contributed by atoms with Gasteiger partial charge in [0, 0.05) is 17.3 Å². The van der Waals surface area contributed by atoms with E-state index in [0.29, 0.717) is 17.4 Å². The summed E-state index contributed by atoms with van der Waals surface area (Å²) in [5.74, 6) is 1.73. The Morgan fingerprint density at radius 1 is 1.08 bits per heavy atom. The van der Waals surface area contributed by atoms with E-state index in [1.54, 1.807) is 31.0 Å². The number of benzene rings is 2. The molecule has 2 aromatic carbocycles. The van der Waals surface area contributed by atoms with Gasteiger partial charge in [-0.3, -0.25) is 0 Å². The molecule has 0 radical (unpaired) electrons. The number of allylic oxidation sites excluding steroid dienone is 1. The summed E-state index contributed by atoms with van der Waals surface area (Å²) >= 11 is 0. The fourth-order valence-electron chi connectivity index (χ4n) is 3.02. The van der Waals surface area contributed by atoms with Crippen LogP contribution in [0, 0.1) is 5.82 Å². The lowest BCUT2D eigenvalue weighted by molar-refractivity contribution is 0.387. The number of fused-ring (bicyclic) bond motifs is 1. The molecule has 2 heterocycles. The molecule has 6 nitrogen and oxygen atoms in total. The van der Waals surface area contributed by atoms with Gasteiger partial charge in [-0.2, -0.15) is 10.1 Å². The summed E-state index contributed by atoms with van der Waals surface area (Å²) in [6, 6.07) is 11.7. The highest BCUT2D eigenvalue weighted by Gasteiger charge is 2.26. The smallest absolute Gasteiger partial charge is 0.226 e. The molecule has 1 aliphatic rings. The summed E-state index contributed by atoms with van der Waals surface area (Å²) in [7, 11) is 3.23. The molecule has 0 bridgehead atoms. The van der Waals surface area contributed by atoms with Gasteiger partial charge < -0.3 is 14.8 Å². The van der Waals surface area contributed by atoms with Crippen LogP contribution in [0.15, 0.2) is 54.9 Å². The third-order valence-corrected chi connectivity index (χ3v) is 4.32. The van der Waals surface area contributed by atoms with Crippen LogP contribution in [0.5, 0.6) is 11.5 Å². The van der Waals surface area contributed by atoms with Crippen LogP contribution >= 0.6 is 0 Å². The average Bonchev–Trinajstić information content (AvgIpc) is 3.16. The number of hydrogen-bond acceptors (Lipinski definition) is 5. The molecule has 3 aromatic rings. The number of halogens is 1. The first-order valence-electron chi connectivity index (χ1n) is 8.06. The Bertz CT molecular complexity index is 966. The van der Waals surface area contributed by atoms with Crippen LogP contribution in [-0.4, -0.2) is 29.0 Å². The van der Waals surface area contributed by atoms with Crippen molar-refractivity contribution < 1.29 is 13.9 Å². The molecule has 7 heteroatoms. The molecule has 1 unspecified atom stereocenters. The van der Waals surface area contributed by atoms with Gasteiger partial charge in [0.25, 0.3) is 0 Å². The molecule has 4 rings (SSSR count). The number of nitrogens with zero attached hydrogens (tertiary/aromatic N) is 3. The zero-order valence-electron chi connectivity index (χ0n) is 14.3. The van der Waals surface area contributed by atoms with Crippen molar-refractivity contribution in [2.75, 3.05) is 19.5 Å². The van der Waals surface area contributed by atoms with E-state index in [4.69, 9.17) is 9.47 Å². The van der Waals surface area contributed by atoms with Crippen molar-refractivity contribution in [2.24, 2.45) is 0 Å². The summed E-state index contributed by atoms with van der Waals surface area (Å²) in [6.07, 6.45) is 3.51. The maximum absolute atomic E-state index is 13.3. The predicted molar refractivity (Wildman–Crippen MR) is 95.7 cm³/mol. The fraction of sp³-hybridized carbons (Fsp3) is 0.158. The quantitative estimate of drug-likeness (QED) is 0.779. The SMILES string of the molecule is COc1ccc(C2C=C(c3ccc(F)cc3)Nc3ncnn32)c(OC)c1. The van der Waals surface area contributed by atoms with Gasteiger partial charge in [-0.25, -0.2) is 9.07 Å². The molecule has 0 fully saturated rings. The average molecular weight is 352 g/mol. The minimum atomic E-state index is -0.276. The Labute approximate surface area is 149 Å². The third kappa shape index (κ3) is 2.77.